The maximum atomic E-state index is 12.6. The number of hydrogen-bond acceptors (Lipinski definition) is 5. The lowest BCUT2D eigenvalue weighted by atomic mass is 10.0. The highest BCUT2D eigenvalue weighted by Gasteiger charge is 2.14. The average molecular weight is 456 g/mol. The summed E-state index contributed by atoms with van der Waals surface area (Å²) in [5, 5.41) is 1.04. The standard InChI is InChI=1S/C27H29N5O2/c1-30(2)13-7-10-26(33)32(4)22-9-6-8-19(14-22)21-15-23-24(18-31(3)27(23)29-17-21)20-11-12-28-25(16-20)34-5/h6-12,14-18H,13H2,1-5H3/b10-7+. The van der Waals surface area contributed by atoms with Gasteiger partial charge in [0.15, 0.2) is 0 Å². The molecular weight excluding hydrogens is 426 g/mol. The van der Waals surface area contributed by atoms with Crippen LogP contribution in [0, 0.1) is 0 Å². The molecule has 0 spiro atoms. The molecule has 0 saturated heterocycles. The minimum atomic E-state index is -0.0652. The van der Waals surface area contributed by atoms with Crippen LogP contribution in [0.5, 0.6) is 5.88 Å². The molecule has 0 N–H and O–H groups in total. The van der Waals surface area contributed by atoms with Crippen molar-refractivity contribution in [3.8, 4) is 28.1 Å². The minimum absolute atomic E-state index is 0.0652. The van der Waals surface area contributed by atoms with Gasteiger partial charge >= 0.3 is 0 Å². The largest absolute Gasteiger partial charge is 0.481 e. The first-order chi connectivity index (χ1) is 16.4. The number of hydrogen-bond donors (Lipinski definition) is 0. The maximum Gasteiger partial charge on any atom is 0.250 e. The van der Waals surface area contributed by atoms with Gasteiger partial charge in [-0.3, -0.25) is 4.79 Å². The summed E-state index contributed by atoms with van der Waals surface area (Å²) in [4.78, 5) is 25.2. The lowest BCUT2D eigenvalue weighted by molar-refractivity contribution is -0.113. The second-order valence-electron chi connectivity index (χ2n) is 8.45. The second-order valence-corrected chi connectivity index (χ2v) is 8.45. The van der Waals surface area contributed by atoms with E-state index in [1.54, 1.807) is 31.3 Å². The van der Waals surface area contributed by atoms with Crippen molar-refractivity contribution < 1.29 is 9.53 Å². The predicted molar refractivity (Wildman–Crippen MR) is 137 cm³/mol. The molecular formula is C27H29N5O2. The van der Waals surface area contributed by atoms with Crippen LogP contribution < -0.4 is 9.64 Å². The van der Waals surface area contributed by atoms with Crippen LogP contribution in [0.1, 0.15) is 0 Å². The van der Waals surface area contributed by atoms with Gasteiger partial charge < -0.3 is 19.1 Å². The number of likely N-dealkylation sites (N-methyl/N-ethyl adjacent to an activating group) is 2. The number of anilines is 1. The van der Waals surface area contributed by atoms with E-state index in [0.717, 1.165) is 39.0 Å². The summed E-state index contributed by atoms with van der Waals surface area (Å²) in [7, 11) is 9.32. The first-order valence-electron chi connectivity index (χ1n) is 11.0. The van der Waals surface area contributed by atoms with E-state index in [2.05, 4.69) is 17.2 Å². The van der Waals surface area contributed by atoms with Crippen molar-refractivity contribution in [2.24, 2.45) is 7.05 Å². The fraction of sp³-hybridized carbons (Fsp3) is 0.222. The van der Waals surface area contributed by atoms with Crippen LogP contribution in [0.4, 0.5) is 5.69 Å². The Morgan fingerprint density at radius 3 is 2.65 bits per heavy atom. The molecule has 0 unspecified atom stereocenters. The first-order valence-corrected chi connectivity index (χ1v) is 11.0. The van der Waals surface area contributed by atoms with Crippen LogP contribution in [0.15, 0.2) is 73.2 Å². The number of carbonyl (C=O) groups is 1. The van der Waals surface area contributed by atoms with Gasteiger partial charge in [0.1, 0.15) is 5.65 Å². The van der Waals surface area contributed by atoms with E-state index in [9.17, 15) is 4.79 Å². The summed E-state index contributed by atoms with van der Waals surface area (Å²) < 4.78 is 7.32. The summed E-state index contributed by atoms with van der Waals surface area (Å²) in [5.41, 5.74) is 5.76. The number of nitrogens with zero attached hydrogens (tertiary/aromatic N) is 5. The van der Waals surface area contributed by atoms with E-state index >= 15 is 0 Å². The monoisotopic (exact) mass is 455 g/mol. The van der Waals surface area contributed by atoms with Crippen molar-refractivity contribution in [2.75, 3.05) is 39.7 Å². The van der Waals surface area contributed by atoms with E-state index in [1.807, 2.05) is 79.3 Å². The second kappa shape index (κ2) is 9.89. The highest BCUT2D eigenvalue weighted by atomic mass is 16.5. The normalized spacial score (nSPS) is 11.5. The highest BCUT2D eigenvalue weighted by Crippen LogP contribution is 2.34. The van der Waals surface area contributed by atoms with Gasteiger partial charge in [0.25, 0.3) is 0 Å². The zero-order valence-corrected chi connectivity index (χ0v) is 20.2. The quantitative estimate of drug-likeness (QED) is 0.387. The van der Waals surface area contributed by atoms with Crippen molar-refractivity contribution in [1.29, 1.82) is 0 Å². The summed E-state index contributed by atoms with van der Waals surface area (Å²) >= 11 is 0. The molecule has 7 nitrogen and oxygen atoms in total. The molecule has 0 radical (unpaired) electrons. The smallest absolute Gasteiger partial charge is 0.250 e. The van der Waals surface area contributed by atoms with Crippen LogP contribution in [0.3, 0.4) is 0 Å². The van der Waals surface area contributed by atoms with Crippen LogP contribution in [-0.2, 0) is 11.8 Å². The van der Waals surface area contributed by atoms with Gasteiger partial charge in [-0.2, -0.15) is 0 Å². The Morgan fingerprint density at radius 2 is 1.88 bits per heavy atom. The van der Waals surface area contributed by atoms with E-state index in [4.69, 9.17) is 9.72 Å². The Kier molecular flexibility index (Phi) is 6.75. The predicted octanol–water partition coefficient (Wildman–Crippen LogP) is 4.39. The van der Waals surface area contributed by atoms with Gasteiger partial charge in [-0.05, 0) is 49.5 Å². The number of carbonyl (C=O) groups excluding carboxylic acids is 1. The van der Waals surface area contributed by atoms with Gasteiger partial charge in [0.2, 0.25) is 11.8 Å². The summed E-state index contributed by atoms with van der Waals surface area (Å²) in [6.45, 7) is 0.716. The van der Waals surface area contributed by atoms with E-state index in [1.165, 1.54) is 0 Å². The van der Waals surface area contributed by atoms with Crippen molar-refractivity contribution in [3.63, 3.8) is 0 Å². The maximum absolute atomic E-state index is 12.6. The molecule has 0 aliphatic heterocycles. The van der Waals surface area contributed by atoms with Crippen LogP contribution in [0.25, 0.3) is 33.3 Å². The van der Waals surface area contributed by atoms with Gasteiger partial charge in [-0.1, -0.05) is 18.2 Å². The molecule has 7 heteroatoms. The molecule has 174 valence electrons. The fourth-order valence-electron chi connectivity index (χ4n) is 3.84. The number of methoxy groups -OCH3 is 1. The average Bonchev–Trinajstić information content (AvgIpc) is 3.19. The van der Waals surface area contributed by atoms with Crippen molar-refractivity contribution in [3.05, 3.63) is 73.2 Å². The molecule has 0 aliphatic rings. The molecule has 1 amide bonds. The molecule has 3 aromatic heterocycles. The molecule has 0 aliphatic carbocycles. The van der Waals surface area contributed by atoms with Crippen LogP contribution in [-0.4, -0.2) is 60.1 Å². The number of aromatic nitrogens is 3. The summed E-state index contributed by atoms with van der Waals surface area (Å²) in [6, 6.07) is 14.0. The molecule has 3 heterocycles. The minimum Gasteiger partial charge on any atom is -0.481 e. The van der Waals surface area contributed by atoms with E-state index in [-0.39, 0.29) is 5.91 Å². The van der Waals surface area contributed by atoms with E-state index in [0.29, 0.717) is 12.4 Å². The third kappa shape index (κ3) is 4.84. The summed E-state index contributed by atoms with van der Waals surface area (Å²) in [6.07, 6.45) is 9.16. The Balaban J connectivity index is 1.69. The zero-order chi connectivity index (χ0) is 24.2. The third-order valence-electron chi connectivity index (χ3n) is 5.70. The van der Waals surface area contributed by atoms with Crippen molar-refractivity contribution >= 4 is 22.6 Å². The lowest BCUT2D eigenvalue weighted by Crippen LogP contribution is -2.24. The van der Waals surface area contributed by atoms with Crippen LogP contribution in [0.2, 0.25) is 0 Å². The number of fused-ring (bicyclic) bond motifs is 1. The number of amides is 1. The zero-order valence-electron chi connectivity index (χ0n) is 20.2. The topological polar surface area (TPSA) is 63.5 Å². The molecule has 0 atom stereocenters. The summed E-state index contributed by atoms with van der Waals surface area (Å²) in [5.74, 6) is 0.503. The molecule has 0 bridgehead atoms. The molecule has 4 aromatic rings. The Bertz CT molecular complexity index is 1360. The van der Waals surface area contributed by atoms with Crippen LogP contribution >= 0.6 is 0 Å². The molecule has 4 rings (SSSR count). The molecule has 0 fully saturated rings. The Hall–Kier alpha value is -3.97. The fourth-order valence-corrected chi connectivity index (χ4v) is 3.84. The first kappa shape index (κ1) is 23.2. The Morgan fingerprint density at radius 1 is 1.06 bits per heavy atom. The third-order valence-corrected chi connectivity index (χ3v) is 5.70. The molecule has 34 heavy (non-hydrogen) atoms. The highest BCUT2D eigenvalue weighted by molar-refractivity contribution is 6.01. The number of benzene rings is 1. The van der Waals surface area contributed by atoms with Gasteiger partial charge in [0, 0.05) is 73.6 Å². The van der Waals surface area contributed by atoms with Crippen molar-refractivity contribution in [2.45, 2.75) is 0 Å². The SMILES string of the molecule is COc1cc(-c2cn(C)c3ncc(-c4cccc(N(C)C(=O)/C=C/CN(C)C)c4)cc23)ccn1. The number of pyridine rings is 2. The van der Waals surface area contributed by atoms with Gasteiger partial charge in [-0.15, -0.1) is 0 Å². The van der Waals surface area contributed by atoms with Crippen molar-refractivity contribution in [1.82, 2.24) is 19.4 Å². The number of aryl methyl sites for hydroxylation is 1. The van der Waals surface area contributed by atoms with E-state index < -0.39 is 0 Å². The number of rotatable bonds is 7. The van der Waals surface area contributed by atoms with Gasteiger partial charge in [0.05, 0.1) is 7.11 Å². The molecule has 0 saturated carbocycles. The molecule has 1 aromatic carbocycles. The number of ether oxygens (including phenoxy) is 1. The van der Waals surface area contributed by atoms with Gasteiger partial charge in [-0.25, -0.2) is 9.97 Å². The lowest BCUT2D eigenvalue weighted by Gasteiger charge is -2.16. The Labute approximate surface area is 199 Å².